The summed E-state index contributed by atoms with van der Waals surface area (Å²) in [5.41, 5.74) is 3.27. The molecule has 1 unspecified atom stereocenters. The van der Waals surface area contributed by atoms with Crippen molar-refractivity contribution in [2.75, 3.05) is 5.32 Å². The molecule has 1 amide bonds. The van der Waals surface area contributed by atoms with Crippen LogP contribution in [-0.4, -0.2) is 20.9 Å². The molecule has 5 nitrogen and oxygen atoms in total. The van der Waals surface area contributed by atoms with E-state index >= 15 is 0 Å². The third kappa shape index (κ3) is 4.64. The van der Waals surface area contributed by atoms with Crippen molar-refractivity contribution < 1.29 is 4.79 Å². The van der Waals surface area contributed by atoms with Crippen LogP contribution in [0.25, 0.3) is 5.69 Å². The number of para-hydroxylation sites is 1. The summed E-state index contributed by atoms with van der Waals surface area (Å²) in [4.78, 5) is 24.7. The van der Waals surface area contributed by atoms with Crippen LogP contribution < -0.4 is 10.9 Å². The van der Waals surface area contributed by atoms with E-state index in [1.165, 1.54) is 22.5 Å². The van der Waals surface area contributed by atoms with E-state index in [1.54, 1.807) is 37.3 Å². The van der Waals surface area contributed by atoms with Crippen LogP contribution in [0.1, 0.15) is 18.1 Å². The molecule has 7 heteroatoms. The molecule has 3 aromatic rings. The second-order valence-corrected chi connectivity index (χ2v) is 8.19. The highest BCUT2D eigenvalue weighted by atomic mass is 35.5. The zero-order chi connectivity index (χ0) is 20.3. The number of nitrogens with zero attached hydrogens (tertiary/aromatic N) is 2. The van der Waals surface area contributed by atoms with Gasteiger partial charge in [-0.25, -0.2) is 0 Å². The normalized spacial score (nSPS) is 11.9. The topological polar surface area (TPSA) is 64.0 Å². The van der Waals surface area contributed by atoms with Gasteiger partial charge in [0.1, 0.15) is 5.03 Å². The summed E-state index contributed by atoms with van der Waals surface area (Å²) < 4.78 is 1.35. The fourth-order valence-corrected chi connectivity index (χ4v) is 3.52. The molecule has 2 aromatic carbocycles. The standard InChI is InChI=1S/C21H20ClN3O2S/c1-13-8-9-16(12-14(13)2)25-20(26)11-10-19(24-25)28-15(3)21(27)23-18-7-5-4-6-17(18)22/h4-12,15H,1-3H3,(H,23,27). The van der Waals surface area contributed by atoms with Gasteiger partial charge >= 0.3 is 0 Å². The minimum absolute atomic E-state index is 0.191. The van der Waals surface area contributed by atoms with E-state index in [0.717, 1.165) is 11.1 Å². The highest BCUT2D eigenvalue weighted by Crippen LogP contribution is 2.25. The van der Waals surface area contributed by atoms with E-state index in [2.05, 4.69) is 10.4 Å². The molecule has 0 saturated carbocycles. The molecule has 3 rings (SSSR count). The fraction of sp³-hybridized carbons (Fsp3) is 0.190. The van der Waals surface area contributed by atoms with Crippen LogP contribution in [0, 0.1) is 13.8 Å². The van der Waals surface area contributed by atoms with Gasteiger partial charge in [0.25, 0.3) is 5.56 Å². The fourth-order valence-electron chi connectivity index (χ4n) is 2.53. The Kier molecular flexibility index (Phi) is 6.21. The van der Waals surface area contributed by atoms with Crippen molar-refractivity contribution in [3.05, 3.63) is 81.1 Å². The molecule has 28 heavy (non-hydrogen) atoms. The highest BCUT2D eigenvalue weighted by Gasteiger charge is 2.17. The number of aromatic nitrogens is 2. The van der Waals surface area contributed by atoms with E-state index in [4.69, 9.17) is 11.6 Å². The van der Waals surface area contributed by atoms with Crippen LogP contribution >= 0.6 is 23.4 Å². The van der Waals surface area contributed by atoms with Crippen molar-refractivity contribution in [2.24, 2.45) is 0 Å². The molecule has 144 valence electrons. The molecule has 0 bridgehead atoms. The first-order valence-corrected chi connectivity index (χ1v) is 10.0. The summed E-state index contributed by atoms with van der Waals surface area (Å²) in [5.74, 6) is -0.191. The molecule has 0 saturated heterocycles. The number of carbonyl (C=O) groups is 1. The highest BCUT2D eigenvalue weighted by molar-refractivity contribution is 8.00. The Morgan fingerprint density at radius 3 is 2.57 bits per heavy atom. The molecule has 0 spiro atoms. The lowest BCUT2D eigenvalue weighted by Gasteiger charge is -2.13. The lowest BCUT2D eigenvalue weighted by Crippen LogP contribution is -2.24. The number of anilines is 1. The molecule has 0 aliphatic carbocycles. The van der Waals surface area contributed by atoms with Crippen molar-refractivity contribution in [3.63, 3.8) is 0 Å². The summed E-state index contributed by atoms with van der Waals surface area (Å²) >= 11 is 7.37. The van der Waals surface area contributed by atoms with Gasteiger partial charge in [-0.1, -0.05) is 41.6 Å². The number of nitrogens with one attached hydrogen (secondary N) is 1. The van der Waals surface area contributed by atoms with Gasteiger partial charge in [0.15, 0.2) is 0 Å². The van der Waals surface area contributed by atoms with Crippen molar-refractivity contribution >= 4 is 35.0 Å². The Balaban J connectivity index is 1.79. The van der Waals surface area contributed by atoms with E-state index in [9.17, 15) is 9.59 Å². The summed E-state index contributed by atoms with van der Waals surface area (Å²) in [5, 5.41) is 7.88. The first kappa shape index (κ1) is 20.2. The lowest BCUT2D eigenvalue weighted by atomic mass is 10.1. The Bertz CT molecular complexity index is 1080. The number of rotatable bonds is 5. The molecular weight excluding hydrogens is 394 g/mol. The van der Waals surface area contributed by atoms with Crippen molar-refractivity contribution in [2.45, 2.75) is 31.0 Å². The lowest BCUT2D eigenvalue weighted by molar-refractivity contribution is -0.115. The zero-order valence-corrected chi connectivity index (χ0v) is 17.3. The van der Waals surface area contributed by atoms with Crippen molar-refractivity contribution in [1.29, 1.82) is 0 Å². The van der Waals surface area contributed by atoms with E-state index in [-0.39, 0.29) is 11.5 Å². The predicted octanol–water partition coefficient (Wildman–Crippen LogP) is 4.62. The SMILES string of the molecule is Cc1ccc(-n2nc(SC(C)C(=O)Nc3ccccc3Cl)ccc2=O)cc1C. The summed E-state index contributed by atoms with van der Waals surface area (Å²) in [6.07, 6.45) is 0. The Morgan fingerprint density at radius 1 is 1.11 bits per heavy atom. The molecule has 1 heterocycles. The second kappa shape index (κ2) is 8.63. The molecular formula is C21H20ClN3O2S. The maximum absolute atomic E-state index is 12.5. The van der Waals surface area contributed by atoms with E-state index < -0.39 is 5.25 Å². The van der Waals surface area contributed by atoms with Crippen LogP contribution in [0.5, 0.6) is 0 Å². The first-order valence-electron chi connectivity index (χ1n) is 8.75. The van der Waals surface area contributed by atoms with Gasteiger partial charge in [0.05, 0.1) is 21.6 Å². The number of hydrogen-bond donors (Lipinski definition) is 1. The van der Waals surface area contributed by atoms with Gasteiger partial charge in [-0.15, -0.1) is 0 Å². The van der Waals surface area contributed by atoms with Crippen LogP contribution in [0.15, 0.2) is 64.4 Å². The monoisotopic (exact) mass is 413 g/mol. The maximum atomic E-state index is 12.5. The molecule has 1 atom stereocenters. The number of carbonyl (C=O) groups excluding carboxylic acids is 1. The van der Waals surface area contributed by atoms with Gasteiger partial charge < -0.3 is 5.32 Å². The molecule has 0 fully saturated rings. The molecule has 0 aliphatic heterocycles. The van der Waals surface area contributed by atoms with Crippen LogP contribution in [0.3, 0.4) is 0 Å². The minimum Gasteiger partial charge on any atom is -0.324 e. The van der Waals surface area contributed by atoms with E-state index in [1.807, 2.05) is 32.0 Å². The van der Waals surface area contributed by atoms with Gasteiger partial charge in [-0.3, -0.25) is 9.59 Å². The second-order valence-electron chi connectivity index (χ2n) is 6.42. The largest absolute Gasteiger partial charge is 0.324 e. The zero-order valence-electron chi connectivity index (χ0n) is 15.8. The number of halogens is 1. The number of hydrogen-bond acceptors (Lipinski definition) is 4. The predicted molar refractivity (Wildman–Crippen MR) is 115 cm³/mol. The molecule has 0 aliphatic rings. The van der Waals surface area contributed by atoms with Gasteiger partial charge in [0.2, 0.25) is 5.91 Å². The average molecular weight is 414 g/mol. The number of amides is 1. The first-order chi connectivity index (χ1) is 13.3. The smallest absolute Gasteiger partial charge is 0.271 e. The molecule has 1 N–H and O–H groups in total. The van der Waals surface area contributed by atoms with Gasteiger partial charge in [0, 0.05) is 6.07 Å². The van der Waals surface area contributed by atoms with Crippen LogP contribution in [0.4, 0.5) is 5.69 Å². The average Bonchev–Trinajstić information content (AvgIpc) is 2.67. The van der Waals surface area contributed by atoms with Crippen molar-refractivity contribution in [1.82, 2.24) is 9.78 Å². The van der Waals surface area contributed by atoms with Gasteiger partial charge in [-0.05, 0) is 62.2 Å². The third-order valence-electron chi connectivity index (χ3n) is 4.31. The molecule has 1 aromatic heterocycles. The summed E-state index contributed by atoms with van der Waals surface area (Å²) in [6, 6.07) is 15.9. The number of aryl methyl sites for hydroxylation is 2. The third-order valence-corrected chi connectivity index (χ3v) is 5.67. The summed E-state index contributed by atoms with van der Waals surface area (Å²) in [6.45, 7) is 5.79. The van der Waals surface area contributed by atoms with E-state index in [0.29, 0.717) is 21.4 Å². The Morgan fingerprint density at radius 2 is 1.86 bits per heavy atom. The number of thioether (sulfide) groups is 1. The maximum Gasteiger partial charge on any atom is 0.271 e. The van der Waals surface area contributed by atoms with Crippen LogP contribution in [-0.2, 0) is 4.79 Å². The molecule has 0 radical (unpaired) electrons. The Hall–Kier alpha value is -2.57. The van der Waals surface area contributed by atoms with Crippen molar-refractivity contribution in [3.8, 4) is 5.69 Å². The number of benzene rings is 2. The summed E-state index contributed by atoms with van der Waals surface area (Å²) in [7, 11) is 0. The Labute approximate surface area is 172 Å². The quantitative estimate of drug-likeness (QED) is 0.620. The van der Waals surface area contributed by atoms with Gasteiger partial charge in [-0.2, -0.15) is 9.78 Å². The minimum atomic E-state index is -0.422. The van der Waals surface area contributed by atoms with Crippen LogP contribution in [0.2, 0.25) is 5.02 Å².